The number of aromatic nitrogens is 1. The van der Waals surface area contributed by atoms with Gasteiger partial charge < -0.3 is 20.5 Å². The average molecular weight is 241 g/mol. The molecule has 17 heavy (non-hydrogen) atoms. The van der Waals surface area contributed by atoms with Crippen LogP contribution in [-0.2, 0) is 11.8 Å². The second kappa shape index (κ2) is 4.64. The molecule has 0 unspecified atom stereocenters. The molecule has 1 aromatic heterocycles. The van der Waals surface area contributed by atoms with Gasteiger partial charge in [-0.25, -0.2) is 4.57 Å². The molecule has 1 atom stereocenters. The molecule has 1 rings (SSSR count). The van der Waals surface area contributed by atoms with Gasteiger partial charge in [-0.1, -0.05) is 0 Å². The Kier molecular flexibility index (Phi) is 3.46. The number of nitro groups is 1. The Balaban J connectivity index is 2.91. The van der Waals surface area contributed by atoms with Gasteiger partial charge in [0.05, 0.1) is 7.05 Å². The van der Waals surface area contributed by atoms with Crippen molar-refractivity contribution in [3.05, 3.63) is 27.9 Å². The van der Waals surface area contributed by atoms with E-state index < -0.39 is 22.8 Å². The summed E-state index contributed by atoms with van der Waals surface area (Å²) < 4.78 is 1.09. The summed E-state index contributed by atoms with van der Waals surface area (Å²) in [6, 6.07) is 1.39. The molecule has 1 aromatic rings. The number of carboxylic acid groups (broad SMARTS) is 1. The third-order valence-electron chi connectivity index (χ3n) is 2.23. The summed E-state index contributed by atoms with van der Waals surface area (Å²) in [6.45, 7) is 1.30. The van der Waals surface area contributed by atoms with E-state index in [1.54, 1.807) is 0 Å². The number of hydrogen-bond donors (Lipinski definition) is 2. The molecule has 0 aromatic carbocycles. The summed E-state index contributed by atoms with van der Waals surface area (Å²) in [4.78, 5) is 32.1. The molecule has 0 radical (unpaired) electrons. The van der Waals surface area contributed by atoms with Crippen molar-refractivity contribution in [2.24, 2.45) is 7.05 Å². The minimum atomic E-state index is -1.18. The fraction of sp³-hybridized carbons (Fsp3) is 0.333. The number of nitrogens with zero attached hydrogens (tertiary/aromatic N) is 2. The molecule has 92 valence electrons. The number of carbonyl (C=O) groups excluding carboxylic acids is 1. The first-order chi connectivity index (χ1) is 7.84. The normalized spacial score (nSPS) is 11.9. The van der Waals surface area contributed by atoms with Crippen LogP contribution in [0.3, 0.4) is 0 Å². The van der Waals surface area contributed by atoms with Crippen molar-refractivity contribution >= 4 is 17.7 Å². The van der Waals surface area contributed by atoms with Gasteiger partial charge in [-0.15, -0.1) is 0 Å². The monoisotopic (exact) mass is 241 g/mol. The summed E-state index contributed by atoms with van der Waals surface area (Å²) in [5.74, 6) is -2.09. The fourth-order valence-electron chi connectivity index (χ4n) is 1.24. The van der Waals surface area contributed by atoms with E-state index >= 15 is 0 Å². The second-order valence-corrected chi connectivity index (χ2v) is 3.43. The average Bonchev–Trinajstić information content (AvgIpc) is 2.59. The van der Waals surface area contributed by atoms with Crippen LogP contribution in [0.25, 0.3) is 0 Å². The molecular weight excluding hydrogens is 230 g/mol. The maximum absolute atomic E-state index is 11.6. The van der Waals surface area contributed by atoms with E-state index in [0.29, 0.717) is 0 Å². The van der Waals surface area contributed by atoms with Crippen LogP contribution in [0, 0.1) is 10.1 Å². The number of rotatable bonds is 4. The van der Waals surface area contributed by atoms with Gasteiger partial charge in [0.25, 0.3) is 5.91 Å². The smallest absolute Gasteiger partial charge is 0.325 e. The minimum Gasteiger partial charge on any atom is -0.480 e. The summed E-state index contributed by atoms with van der Waals surface area (Å²) in [5.41, 5.74) is 0.0322. The molecule has 1 amide bonds. The number of aliphatic carboxylic acids is 1. The van der Waals surface area contributed by atoms with Crippen LogP contribution in [0.1, 0.15) is 17.4 Å². The largest absolute Gasteiger partial charge is 0.480 e. The zero-order valence-corrected chi connectivity index (χ0v) is 9.21. The van der Waals surface area contributed by atoms with Crippen molar-refractivity contribution in [1.82, 2.24) is 9.88 Å². The molecule has 0 fully saturated rings. The lowest BCUT2D eigenvalue weighted by molar-refractivity contribution is -0.391. The second-order valence-electron chi connectivity index (χ2n) is 3.43. The van der Waals surface area contributed by atoms with Crippen LogP contribution in [0.15, 0.2) is 12.1 Å². The highest BCUT2D eigenvalue weighted by molar-refractivity contribution is 5.95. The fourth-order valence-corrected chi connectivity index (χ4v) is 1.24. The molecule has 1 heterocycles. The van der Waals surface area contributed by atoms with E-state index in [4.69, 9.17) is 5.11 Å². The highest BCUT2D eigenvalue weighted by Gasteiger charge is 2.23. The first kappa shape index (κ1) is 12.7. The number of hydrogen-bond acceptors (Lipinski definition) is 4. The Morgan fingerprint density at radius 1 is 1.53 bits per heavy atom. The molecule has 0 spiro atoms. The number of carbonyl (C=O) groups is 2. The van der Waals surface area contributed by atoms with Crippen molar-refractivity contribution in [2.45, 2.75) is 13.0 Å². The van der Waals surface area contributed by atoms with Crippen LogP contribution in [-0.4, -0.2) is 32.5 Å². The van der Waals surface area contributed by atoms with Gasteiger partial charge >= 0.3 is 11.8 Å². The van der Waals surface area contributed by atoms with Gasteiger partial charge in [-0.3, -0.25) is 9.59 Å². The van der Waals surface area contributed by atoms with Crippen LogP contribution < -0.4 is 5.32 Å². The van der Waals surface area contributed by atoms with Crippen molar-refractivity contribution in [2.75, 3.05) is 0 Å². The molecule has 8 nitrogen and oxygen atoms in total. The Morgan fingerprint density at radius 3 is 2.53 bits per heavy atom. The van der Waals surface area contributed by atoms with Crippen LogP contribution in [0.2, 0.25) is 0 Å². The molecule has 0 aliphatic heterocycles. The Labute approximate surface area is 96.0 Å². The maximum atomic E-state index is 11.6. The molecule has 2 N–H and O–H groups in total. The van der Waals surface area contributed by atoms with Gasteiger partial charge in [-0.05, 0) is 17.9 Å². The minimum absolute atomic E-state index is 0.0322. The zero-order valence-electron chi connectivity index (χ0n) is 9.21. The maximum Gasteiger partial charge on any atom is 0.325 e. The van der Waals surface area contributed by atoms with Crippen molar-refractivity contribution in [1.29, 1.82) is 0 Å². The molecule has 0 aliphatic rings. The van der Waals surface area contributed by atoms with Crippen molar-refractivity contribution < 1.29 is 19.6 Å². The number of carboxylic acids is 1. The van der Waals surface area contributed by atoms with E-state index in [0.717, 1.165) is 4.57 Å². The van der Waals surface area contributed by atoms with E-state index in [9.17, 15) is 19.7 Å². The Hall–Kier alpha value is -2.38. The summed E-state index contributed by atoms with van der Waals surface area (Å²) >= 11 is 0. The molecular formula is C9H11N3O5. The van der Waals surface area contributed by atoms with Crippen molar-refractivity contribution in [3.8, 4) is 0 Å². The Bertz CT molecular complexity index is 479. The molecule has 0 saturated heterocycles. The first-order valence-corrected chi connectivity index (χ1v) is 4.68. The van der Waals surface area contributed by atoms with E-state index in [-0.39, 0.29) is 11.5 Å². The van der Waals surface area contributed by atoms with E-state index in [1.165, 1.54) is 26.1 Å². The summed E-state index contributed by atoms with van der Waals surface area (Å²) in [5, 5.41) is 21.4. The predicted molar refractivity (Wildman–Crippen MR) is 56.6 cm³/mol. The third-order valence-corrected chi connectivity index (χ3v) is 2.23. The standard InChI is InChI=1S/C9H11N3O5/c1-5(9(14)15)10-8(13)6-3-4-7(11(6)2)12(16)17/h3-5H,1-2H3,(H,10,13)(H,14,15)/t5-/m1/s1. The highest BCUT2D eigenvalue weighted by Crippen LogP contribution is 2.14. The SMILES string of the molecule is C[C@@H](NC(=O)c1ccc([N+](=O)[O-])n1C)C(=O)O. The molecule has 0 bridgehead atoms. The van der Waals surface area contributed by atoms with Crippen LogP contribution in [0.4, 0.5) is 5.82 Å². The van der Waals surface area contributed by atoms with Crippen LogP contribution >= 0.6 is 0 Å². The predicted octanol–water partition coefficient (Wildman–Crippen LogP) is 0.136. The van der Waals surface area contributed by atoms with Crippen LogP contribution in [0.5, 0.6) is 0 Å². The lowest BCUT2D eigenvalue weighted by atomic mass is 10.3. The zero-order chi connectivity index (χ0) is 13.2. The van der Waals surface area contributed by atoms with Gasteiger partial charge in [0.15, 0.2) is 5.69 Å². The van der Waals surface area contributed by atoms with Gasteiger partial charge in [0.1, 0.15) is 6.04 Å². The lowest BCUT2D eigenvalue weighted by Gasteiger charge is -2.07. The van der Waals surface area contributed by atoms with Crippen molar-refractivity contribution in [3.63, 3.8) is 0 Å². The van der Waals surface area contributed by atoms with Gasteiger partial charge in [-0.2, -0.15) is 0 Å². The summed E-state index contributed by atoms with van der Waals surface area (Å²) in [6.07, 6.45) is 0. The lowest BCUT2D eigenvalue weighted by Crippen LogP contribution is -2.39. The highest BCUT2D eigenvalue weighted by atomic mass is 16.6. The number of amides is 1. The van der Waals surface area contributed by atoms with E-state index in [2.05, 4.69) is 5.32 Å². The molecule has 0 saturated carbocycles. The molecule has 0 aliphatic carbocycles. The van der Waals surface area contributed by atoms with Gasteiger partial charge in [0.2, 0.25) is 0 Å². The summed E-state index contributed by atoms with van der Waals surface area (Å²) in [7, 11) is 1.36. The number of nitrogens with one attached hydrogen (secondary N) is 1. The quantitative estimate of drug-likeness (QED) is 0.574. The first-order valence-electron chi connectivity index (χ1n) is 4.68. The molecule has 8 heteroatoms. The Morgan fingerprint density at radius 2 is 2.12 bits per heavy atom. The van der Waals surface area contributed by atoms with E-state index in [1.807, 2.05) is 0 Å². The topological polar surface area (TPSA) is 114 Å². The van der Waals surface area contributed by atoms with Gasteiger partial charge in [0, 0.05) is 6.07 Å². The third kappa shape index (κ3) is 2.60.